The van der Waals surface area contributed by atoms with Gasteiger partial charge >= 0.3 is 0 Å². The molecule has 2 amide bonds. The van der Waals surface area contributed by atoms with Crippen molar-refractivity contribution in [2.75, 3.05) is 32.2 Å². The second-order valence-corrected chi connectivity index (χ2v) is 9.82. The minimum Gasteiger partial charge on any atom is -0.372 e. The first-order valence-corrected chi connectivity index (χ1v) is 10.9. The van der Waals surface area contributed by atoms with Crippen molar-refractivity contribution in [1.82, 2.24) is 10.2 Å². The summed E-state index contributed by atoms with van der Waals surface area (Å²) in [5.74, 6) is -1.71. The maximum absolute atomic E-state index is 12.4. The number of hydrogen-bond donors (Lipinski definition) is 1. The highest BCUT2D eigenvalue weighted by Crippen LogP contribution is 2.34. The van der Waals surface area contributed by atoms with E-state index in [2.05, 4.69) is 5.32 Å². The van der Waals surface area contributed by atoms with E-state index in [1.807, 2.05) is 11.4 Å². The van der Waals surface area contributed by atoms with Crippen LogP contribution in [0.1, 0.15) is 23.0 Å². The van der Waals surface area contributed by atoms with Crippen molar-refractivity contribution in [3.63, 3.8) is 0 Å². The summed E-state index contributed by atoms with van der Waals surface area (Å²) in [6, 6.07) is 1.36. The predicted molar refractivity (Wildman–Crippen MR) is 94.1 cm³/mol. The van der Waals surface area contributed by atoms with Crippen molar-refractivity contribution in [1.29, 1.82) is 0 Å². The molecule has 1 saturated heterocycles. The number of fused-ring (bicyclic) bond motifs is 1. The van der Waals surface area contributed by atoms with Crippen LogP contribution >= 0.6 is 11.3 Å². The van der Waals surface area contributed by atoms with Crippen LogP contribution in [0.15, 0.2) is 11.4 Å². The lowest BCUT2D eigenvalue weighted by atomic mass is 10.0. The standard InChI is InChI=1S/C16H22N2O5S2/c1-18(2)16(20)11-8-25(21,22)9-12(11)17-14(19)7-13-15-10(3-5-23-13)4-6-24-15/h4,6,11-13H,3,5,7-9H2,1-2H3,(H,17,19)/t11-,12-,13?/m1/s1. The summed E-state index contributed by atoms with van der Waals surface area (Å²) in [7, 11) is -0.166. The molecule has 1 N–H and O–H groups in total. The highest BCUT2D eigenvalue weighted by atomic mass is 32.2. The number of thiophene rings is 1. The number of sulfone groups is 1. The van der Waals surface area contributed by atoms with Crippen LogP contribution in [0.4, 0.5) is 0 Å². The van der Waals surface area contributed by atoms with Crippen LogP contribution in [0.2, 0.25) is 0 Å². The van der Waals surface area contributed by atoms with Crippen LogP contribution in [0.25, 0.3) is 0 Å². The van der Waals surface area contributed by atoms with Gasteiger partial charge in [-0.2, -0.15) is 0 Å². The molecular formula is C16H22N2O5S2. The molecule has 3 heterocycles. The highest BCUT2D eigenvalue weighted by molar-refractivity contribution is 7.91. The zero-order valence-electron chi connectivity index (χ0n) is 14.2. The van der Waals surface area contributed by atoms with Crippen LogP contribution in [0, 0.1) is 5.92 Å². The Labute approximate surface area is 151 Å². The summed E-state index contributed by atoms with van der Waals surface area (Å²) in [4.78, 5) is 27.1. The average Bonchev–Trinajstić information content (AvgIpc) is 3.11. The van der Waals surface area contributed by atoms with Crippen LogP contribution in [0.5, 0.6) is 0 Å². The van der Waals surface area contributed by atoms with Crippen molar-refractivity contribution in [3.8, 4) is 0 Å². The number of nitrogens with zero attached hydrogens (tertiary/aromatic N) is 1. The zero-order valence-corrected chi connectivity index (χ0v) is 15.9. The fourth-order valence-corrected chi connectivity index (χ4v) is 6.30. The van der Waals surface area contributed by atoms with E-state index in [0.717, 1.165) is 11.3 Å². The molecule has 3 rings (SSSR count). The van der Waals surface area contributed by atoms with Crippen LogP contribution < -0.4 is 5.32 Å². The van der Waals surface area contributed by atoms with E-state index in [1.54, 1.807) is 25.4 Å². The summed E-state index contributed by atoms with van der Waals surface area (Å²) in [6.07, 6.45) is 0.675. The van der Waals surface area contributed by atoms with Gasteiger partial charge in [0.25, 0.3) is 0 Å². The fraction of sp³-hybridized carbons (Fsp3) is 0.625. The number of hydrogen-bond acceptors (Lipinski definition) is 6. The van der Waals surface area contributed by atoms with Gasteiger partial charge in [0.1, 0.15) is 6.10 Å². The van der Waals surface area contributed by atoms with E-state index < -0.39 is 21.8 Å². The Bertz CT molecular complexity index is 771. The van der Waals surface area contributed by atoms with Gasteiger partial charge in [-0.3, -0.25) is 9.59 Å². The molecule has 0 saturated carbocycles. The first-order chi connectivity index (χ1) is 11.8. The van der Waals surface area contributed by atoms with E-state index >= 15 is 0 Å². The lowest BCUT2D eigenvalue weighted by molar-refractivity contribution is -0.133. The van der Waals surface area contributed by atoms with Gasteiger partial charge in [0, 0.05) is 19.0 Å². The van der Waals surface area contributed by atoms with Crippen LogP contribution in [-0.4, -0.2) is 63.4 Å². The quantitative estimate of drug-likeness (QED) is 0.807. The van der Waals surface area contributed by atoms with Gasteiger partial charge in [0.05, 0.1) is 36.5 Å². The summed E-state index contributed by atoms with van der Waals surface area (Å²) in [6.45, 7) is 0.571. The predicted octanol–water partition coefficient (Wildman–Crippen LogP) is 0.370. The van der Waals surface area contributed by atoms with Crippen molar-refractivity contribution in [3.05, 3.63) is 21.9 Å². The number of carbonyl (C=O) groups excluding carboxylic acids is 2. The molecule has 0 bridgehead atoms. The molecule has 1 aromatic rings. The Kier molecular flexibility index (Phi) is 5.17. The second kappa shape index (κ2) is 7.05. The lowest BCUT2D eigenvalue weighted by Gasteiger charge is -2.25. The van der Waals surface area contributed by atoms with Crippen LogP contribution in [-0.2, 0) is 30.6 Å². The minimum absolute atomic E-state index is 0.132. The van der Waals surface area contributed by atoms with E-state index in [9.17, 15) is 18.0 Å². The molecule has 1 aromatic heterocycles. The topological polar surface area (TPSA) is 92.8 Å². The molecule has 25 heavy (non-hydrogen) atoms. The van der Waals surface area contributed by atoms with Crippen LogP contribution in [0.3, 0.4) is 0 Å². The van der Waals surface area contributed by atoms with Crippen molar-refractivity contribution in [2.24, 2.45) is 5.92 Å². The maximum atomic E-state index is 12.4. The van der Waals surface area contributed by atoms with Gasteiger partial charge in [-0.05, 0) is 23.4 Å². The van der Waals surface area contributed by atoms with Gasteiger partial charge in [-0.25, -0.2) is 8.42 Å². The Morgan fingerprint density at radius 2 is 2.12 bits per heavy atom. The second-order valence-electron chi connectivity index (χ2n) is 6.71. The first kappa shape index (κ1) is 18.3. The van der Waals surface area contributed by atoms with E-state index in [1.165, 1.54) is 10.5 Å². The number of carbonyl (C=O) groups is 2. The molecule has 0 radical (unpaired) electrons. The van der Waals surface area contributed by atoms with Crippen molar-refractivity contribution < 1.29 is 22.7 Å². The summed E-state index contributed by atoms with van der Waals surface area (Å²) in [5, 5.41) is 4.74. The highest BCUT2D eigenvalue weighted by Gasteiger charge is 2.43. The number of amides is 2. The van der Waals surface area contributed by atoms with Gasteiger partial charge < -0.3 is 15.0 Å². The third-order valence-corrected chi connectivity index (χ3v) is 7.38. The van der Waals surface area contributed by atoms with Gasteiger partial charge in [0.2, 0.25) is 11.8 Å². The summed E-state index contributed by atoms with van der Waals surface area (Å²) >= 11 is 1.57. The Morgan fingerprint density at radius 1 is 1.36 bits per heavy atom. The lowest BCUT2D eigenvalue weighted by Crippen LogP contribution is -2.46. The molecule has 9 heteroatoms. The molecule has 0 aromatic carbocycles. The normalized spacial score (nSPS) is 27.5. The van der Waals surface area contributed by atoms with Gasteiger partial charge in [0.15, 0.2) is 9.84 Å². The Balaban J connectivity index is 1.67. The molecule has 7 nitrogen and oxygen atoms in total. The van der Waals surface area contributed by atoms with E-state index in [0.29, 0.717) is 6.61 Å². The molecule has 1 unspecified atom stereocenters. The SMILES string of the molecule is CN(C)C(=O)[C@@H]1CS(=O)(=O)C[C@H]1NC(=O)CC1OCCc2ccsc21. The minimum atomic E-state index is -3.33. The monoisotopic (exact) mass is 386 g/mol. The average molecular weight is 386 g/mol. The third-order valence-electron chi connectivity index (χ3n) is 4.59. The number of ether oxygens (including phenoxy) is 1. The first-order valence-electron chi connectivity index (χ1n) is 8.15. The molecule has 1 fully saturated rings. The Morgan fingerprint density at radius 3 is 2.84 bits per heavy atom. The third kappa shape index (κ3) is 4.04. The summed E-state index contributed by atoms with van der Waals surface area (Å²) < 4.78 is 29.6. The maximum Gasteiger partial charge on any atom is 0.228 e. The Hall–Kier alpha value is -1.45. The summed E-state index contributed by atoms with van der Waals surface area (Å²) in [5.41, 5.74) is 1.21. The van der Waals surface area contributed by atoms with E-state index in [4.69, 9.17) is 4.74 Å². The molecule has 0 aliphatic carbocycles. The molecular weight excluding hydrogens is 364 g/mol. The molecule has 2 aliphatic heterocycles. The molecule has 0 spiro atoms. The molecule has 138 valence electrons. The largest absolute Gasteiger partial charge is 0.372 e. The van der Waals surface area contributed by atoms with Gasteiger partial charge in [-0.15, -0.1) is 11.3 Å². The number of rotatable bonds is 4. The fourth-order valence-electron chi connectivity index (χ4n) is 3.37. The van der Waals surface area contributed by atoms with Crippen molar-refractivity contribution >= 4 is 33.0 Å². The number of nitrogens with one attached hydrogen (secondary N) is 1. The van der Waals surface area contributed by atoms with E-state index in [-0.39, 0.29) is 35.8 Å². The molecule has 2 aliphatic rings. The zero-order chi connectivity index (χ0) is 18.2. The smallest absolute Gasteiger partial charge is 0.228 e. The van der Waals surface area contributed by atoms with Gasteiger partial charge in [-0.1, -0.05) is 0 Å². The molecule has 3 atom stereocenters. The van der Waals surface area contributed by atoms with Crippen molar-refractivity contribution in [2.45, 2.75) is 25.0 Å².